The van der Waals surface area contributed by atoms with Crippen LogP contribution in [0.4, 0.5) is 0 Å². The van der Waals surface area contributed by atoms with Gasteiger partial charge in [-0.25, -0.2) is 0 Å². The van der Waals surface area contributed by atoms with Crippen LogP contribution in [0.15, 0.2) is 85.1 Å². The summed E-state index contributed by atoms with van der Waals surface area (Å²) in [5, 5.41) is 0. The summed E-state index contributed by atoms with van der Waals surface area (Å²) in [7, 11) is 0. The highest BCUT2D eigenvalue weighted by Crippen LogP contribution is 2.14. The molecule has 0 bridgehead atoms. The molecule has 0 aromatic carbocycles. The minimum atomic E-state index is -0.773. The number of hydrogen-bond donors (Lipinski definition) is 0. The normalized spacial score (nSPS) is 12.8. The highest BCUT2D eigenvalue weighted by molar-refractivity contribution is 5.71. The van der Waals surface area contributed by atoms with Gasteiger partial charge in [-0.1, -0.05) is 221 Å². The molecule has 0 radical (unpaired) electrons. The number of rotatable bonds is 45. The van der Waals surface area contributed by atoms with Crippen LogP contribution in [0.3, 0.4) is 0 Å². The van der Waals surface area contributed by atoms with Crippen molar-refractivity contribution in [1.82, 2.24) is 0 Å². The number of allylic oxidation sites excluding steroid dienone is 14. The summed E-state index contributed by atoms with van der Waals surface area (Å²) in [4.78, 5) is 37.6. The summed E-state index contributed by atoms with van der Waals surface area (Å²) in [6.07, 6.45) is 64.6. The fraction of sp³-hybridized carbons (Fsp3) is 0.696. The number of esters is 3. The molecule has 0 aliphatic carbocycles. The van der Waals surface area contributed by atoms with Crippen molar-refractivity contribution >= 4 is 17.9 Å². The van der Waals surface area contributed by atoms with Gasteiger partial charge in [-0.05, 0) is 77.0 Å². The molecule has 0 heterocycles. The Hall–Kier alpha value is -3.41. The van der Waals surface area contributed by atoms with Crippen molar-refractivity contribution in [3.63, 3.8) is 0 Å². The molecule has 0 aromatic rings. The van der Waals surface area contributed by atoms with Crippen molar-refractivity contribution in [2.45, 2.75) is 239 Å². The Morgan fingerprint density at radius 2 is 0.629 bits per heavy atom. The van der Waals surface area contributed by atoms with Gasteiger partial charge in [-0.3, -0.25) is 14.4 Å². The van der Waals surface area contributed by atoms with Gasteiger partial charge in [-0.2, -0.15) is 0 Å². The fourth-order valence-electron chi connectivity index (χ4n) is 6.83. The molecule has 62 heavy (non-hydrogen) atoms. The highest BCUT2D eigenvalue weighted by Gasteiger charge is 2.19. The maximum Gasteiger partial charge on any atom is 0.306 e. The van der Waals surface area contributed by atoms with E-state index in [0.717, 1.165) is 109 Å². The molecule has 0 saturated heterocycles. The van der Waals surface area contributed by atoms with Crippen molar-refractivity contribution in [2.75, 3.05) is 13.2 Å². The first-order valence-electron chi connectivity index (χ1n) is 25.6. The van der Waals surface area contributed by atoms with Crippen molar-refractivity contribution in [3.8, 4) is 0 Å². The summed E-state index contributed by atoms with van der Waals surface area (Å²) < 4.78 is 16.6. The number of hydrogen-bond acceptors (Lipinski definition) is 6. The van der Waals surface area contributed by atoms with Crippen molar-refractivity contribution in [1.29, 1.82) is 0 Å². The van der Waals surface area contributed by atoms with Crippen molar-refractivity contribution in [2.24, 2.45) is 0 Å². The molecule has 0 aliphatic rings. The van der Waals surface area contributed by atoms with E-state index in [4.69, 9.17) is 14.2 Å². The minimum absolute atomic E-state index is 0.0783. The first-order chi connectivity index (χ1) is 30.5. The lowest BCUT2D eigenvalue weighted by Crippen LogP contribution is -2.30. The molecular formula is C56H94O6. The van der Waals surface area contributed by atoms with E-state index < -0.39 is 6.10 Å². The van der Waals surface area contributed by atoms with E-state index in [9.17, 15) is 14.4 Å². The van der Waals surface area contributed by atoms with Crippen LogP contribution >= 0.6 is 0 Å². The van der Waals surface area contributed by atoms with Gasteiger partial charge in [-0.15, -0.1) is 0 Å². The predicted octanol–water partition coefficient (Wildman–Crippen LogP) is 16.8. The zero-order valence-corrected chi connectivity index (χ0v) is 40.4. The Balaban J connectivity index is 4.09. The van der Waals surface area contributed by atoms with Gasteiger partial charge < -0.3 is 14.2 Å². The average molecular weight is 863 g/mol. The van der Waals surface area contributed by atoms with E-state index in [-0.39, 0.29) is 31.1 Å². The third-order valence-corrected chi connectivity index (χ3v) is 10.7. The molecule has 0 spiro atoms. The summed E-state index contributed by atoms with van der Waals surface area (Å²) >= 11 is 0. The molecule has 1 atom stereocenters. The molecule has 1 unspecified atom stereocenters. The first kappa shape index (κ1) is 58.6. The quantitative estimate of drug-likeness (QED) is 0.0263. The zero-order valence-electron chi connectivity index (χ0n) is 40.4. The van der Waals surface area contributed by atoms with Gasteiger partial charge >= 0.3 is 17.9 Å². The predicted molar refractivity (Wildman–Crippen MR) is 265 cm³/mol. The highest BCUT2D eigenvalue weighted by atomic mass is 16.6. The monoisotopic (exact) mass is 863 g/mol. The molecular weight excluding hydrogens is 769 g/mol. The second-order valence-corrected chi connectivity index (χ2v) is 16.7. The summed E-state index contributed by atoms with van der Waals surface area (Å²) in [6, 6.07) is 0. The van der Waals surface area contributed by atoms with Crippen molar-refractivity contribution < 1.29 is 28.6 Å². The largest absolute Gasteiger partial charge is 0.462 e. The summed E-state index contributed by atoms with van der Waals surface area (Å²) in [5.41, 5.74) is 0. The first-order valence-corrected chi connectivity index (χ1v) is 25.6. The lowest BCUT2D eigenvalue weighted by atomic mass is 10.1. The number of ether oxygens (including phenoxy) is 3. The molecule has 6 nitrogen and oxygen atoms in total. The Morgan fingerprint density at radius 3 is 0.984 bits per heavy atom. The Labute approximate surface area is 382 Å². The molecule has 0 N–H and O–H groups in total. The van der Waals surface area contributed by atoms with Gasteiger partial charge in [0, 0.05) is 19.3 Å². The second kappa shape index (κ2) is 50.2. The minimum Gasteiger partial charge on any atom is -0.462 e. The standard InChI is InChI=1S/C56H94O6/c1-4-7-10-13-16-18-19-20-21-22-23-24-25-26-27-28-29-30-31-32-33-34-35-36-37-38-41-43-46-49-55(58)61-52-53(51-60-54(57)48-45-42-39-15-12-9-6-3)62-56(59)50-47-44-40-17-14-11-8-5-2/h7,10,16,18,20-21,23-24,26-27,29-30,32-33,53H,4-6,8-9,11-15,17,19,22,25,28,31,34-52H2,1-3H3/b10-7-,18-16-,21-20-,24-23-,27-26-,30-29-,33-32-. The Bertz CT molecular complexity index is 1220. The van der Waals surface area contributed by atoms with Crippen LogP contribution in [0.1, 0.15) is 233 Å². The zero-order chi connectivity index (χ0) is 45.1. The number of unbranched alkanes of at least 4 members (excludes halogenated alkanes) is 20. The summed E-state index contributed by atoms with van der Waals surface area (Å²) in [5.74, 6) is -0.904. The Kier molecular flexibility index (Phi) is 47.5. The number of carbonyl (C=O) groups is 3. The summed E-state index contributed by atoms with van der Waals surface area (Å²) in [6.45, 7) is 6.43. The third-order valence-electron chi connectivity index (χ3n) is 10.7. The van der Waals surface area contributed by atoms with E-state index >= 15 is 0 Å². The van der Waals surface area contributed by atoms with Gasteiger partial charge in [0.2, 0.25) is 0 Å². The van der Waals surface area contributed by atoms with Crippen LogP contribution in [0.5, 0.6) is 0 Å². The Morgan fingerprint density at radius 1 is 0.339 bits per heavy atom. The van der Waals surface area contributed by atoms with E-state index in [2.05, 4.69) is 106 Å². The van der Waals surface area contributed by atoms with Gasteiger partial charge in [0.1, 0.15) is 13.2 Å². The van der Waals surface area contributed by atoms with Gasteiger partial charge in [0.25, 0.3) is 0 Å². The van der Waals surface area contributed by atoms with Crippen LogP contribution in [-0.2, 0) is 28.6 Å². The molecule has 0 fully saturated rings. The average Bonchev–Trinajstić information content (AvgIpc) is 3.27. The lowest BCUT2D eigenvalue weighted by molar-refractivity contribution is -0.167. The van der Waals surface area contributed by atoms with Crippen LogP contribution in [0, 0.1) is 0 Å². The van der Waals surface area contributed by atoms with E-state index in [1.54, 1.807) is 0 Å². The maximum atomic E-state index is 12.6. The lowest BCUT2D eigenvalue weighted by Gasteiger charge is -2.18. The van der Waals surface area contributed by atoms with Crippen LogP contribution in [0.2, 0.25) is 0 Å². The molecule has 0 aliphatic heterocycles. The number of carbonyl (C=O) groups excluding carboxylic acids is 3. The SMILES string of the molecule is CC/C=C\C/C=C\C/C=C\C/C=C\C/C=C\C/C=C\C/C=C\CCCCCCCCCC(=O)OCC(COC(=O)CCCCCCCCC)OC(=O)CCCCCCCCCC. The van der Waals surface area contributed by atoms with Crippen LogP contribution < -0.4 is 0 Å². The molecule has 354 valence electrons. The molecule has 0 aromatic heterocycles. The molecule has 0 saturated carbocycles. The van der Waals surface area contributed by atoms with Crippen molar-refractivity contribution in [3.05, 3.63) is 85.1 Å². The molecule has 0 rings (SSSR count). The fourth-order valence-corrected chi connectivity index (χ4v) is 6.83. The van der Waals surface area contributed by atoms with E-state index in [0.29, 0.717) is 19.3 Å². The van der Waals surface area contributed by atoms with Gasteiger partial charge in [0.05, 0.1) is 0 Å². The van der Waals surface area contributed by atoms with E-state index in [1.807, 2.05) is 0 Å². The smallest absolute Gasteiger partial charge is 0.306 e. The molecule has 0 amide bonds. The second-order valence-electron chi connectivity index (χ2n) is 16.7. The maximum absolute atomic E-state index is 12.6. The van der Waals surface area contributed by atoms with Crippen LogP contribution in [0.25, 0.3) is 0 Å². The third kappa shape index (κ3) is 47.6. The molecule has 6 heteroatoms. The van der Waals surface area contributed by atoms with Gasteiger partial charge in [0.15, 0.2) is 6.10 Å². The van der Waals surface area contributed by atoms with E-state index in [1.165, 1.54) is 83.5 Å². The topological polar surface area (TPSA) is 78.9 Å². The van der Waals surface area contributed by atoms with Crippen LogP contribution in [-0.4, -0.2) is 37.2 Å².